The molecule has 1 atom stereocenters. The Hall–Kier alpha value is -1.89. The quantitative estimate of drug-likeness (QED) is 0.572. The van der Waals surface area contributed by atoms with Crippen molar-refractivity contribution in [2.75, 3.05) is 20.6 Å². The third kappa shape index (κ3) is 9.34. The lowest BCUT2D eigenvalue weighted by Crippen LogP contribution is -2.43. The van der Waals surface area contributed by atoms with Crippen molar-refractivity contribution in [3.63, 3.8) is 0 Å². The standard InChI is InChI=1S/C11H19N3O4/c1-8(6-7-14(2)3)12-11(18)13-9(15)4-5-10(16)17/h4-5,8H,6-7H2,1-3H3,(H,16,17)(H2,12,13,15,18). The van der Waals surface area contributed by atoms with Gasteiger partial charge in [-0.3, -0.25) is 10.1 Å². The number of carboxylic acid groups (broad SMARTS) is 1. The number of hydrogen-bond acceptors (Lipinski definition) is 4. The zero-order valence-corrected chi connectivity index (χ0v) is 10.8. The van der Waals surface area contributed by atoms with Gasteiger partial charge in [-0.05, 0) is 34.0 Å². The van der Waals surface area contributed by atoms with Crippen molar-refractivity contribution in [3.05, 3.63) is 12.2 Å². The number of aliphatic carboxylic acids is 1. The van der Waals surface area contributed by atoms with E-state index in [4.69, 9.17) is 5.11 Å². The molecule has 3 amide bonds. The first-order valence-electron chi connectivity index (χ1n) is 5.48. The lowest BCUT2D eigenvalue weighted by atomic mass is 10.2. The van der Waals surface area contributed by atoms with Crippen LogP contribution in [0.5, 0.6) is 0 Å². The third-order valence-electron chi connectivity index (χ3n) is 2.00. The minimum Gasteiger partial charge on any atom is -0.478 e. The number of nitrogens with zero attached hydrogens (tertiary/aromatic N) is 1. The Labute approximate surface area is 106 Å². The zero-order valence-electron chi connectivity index (χ0n) is 10.8. The number of carboxylic acids is 1. The van der Waals surface area contributed by atoms with Gasteiger partial charge in [0.1, 0.15) is 0 Å². The van der Waals surface area contributed by atoms with Gasteiger partial charge in [0.25, 0.3) is 5.91 Å². The molecule has 18 heavy (non-hydrogen) atoms. The van der Waals surface area contributed by atoms with Crippen molar-refractivity contribution in [3.8, 4) is 0 Å². The maximum atomic E-state index is 11.3. The fraction of sp³-hybridized carbons (Fsp3) is 0.545. The molecule has 0 aliphatic rings. The van der Waals surface area contributed by atoms with E-state index in [0.717, 1.165) is 19.0 Å². The SMILES string of the molecule is CC(CCN(C)C)NC(=O)NC(=O)C=CC(=O)O. The van der Waals surface area contributed by atoms with Crippen LogP contribution in [0.25, 0.3) is 0 Å². The molecule has 0 aliphatic heterocycles. The topological polar surface area (TPSA) is 98.7 Å². The summed E-state index contributed by atoms with van der Waals surface area (Å²) in [6.07, 6.45) is 2.20. The van der Waals surface area contributed by atoms with Crippen molar-refractivity contribution in [2.24, 2.45) is 0 Å². The summed E-state index contributed by atoms with van der Waals surface area (Å²) in [7, 11) is 3.85. The highest BCUT2D eigenvalue weighted by atomic mass is 16.4. The van der Waals surface area contributed by atoms with Gasteiger partial charge in [0, 0.05) is 18.2 Å². The van der Waals surface area contributed by atoms with Crippen molar-refractivity contribution in [1.29, 1.82) is 0 Å². The monoisotopic (exact) mass is 257 g/mol. The van der Waals surface area contributed by atoms with E-state index in [1.165, 1.54) is 0 Å². The minimum absolute atomic E-state index is 0.0800. The highest BCUT2D eigenvalue weighted by molar-refractivity contribution is 6.02. The third-order valence-corrected chi connectivity index (χ3v) is 2.00. The highest BCUT2D eigenvalue weighted by Crippen LogP contribution is 1.91. The first-order valence-corrected chi connectivity index (χ1v) is 5.48. The summed E-state index contributed by atoms with van der Waals surface area (Å²) >= 11 is 0. The van der Waals surface area contributed by atoms with Crippen LogP contribution in [0.1, 0.15) is 13.3 Å². The Balaban J connectivity index is 3.96. The number of nitrogens with one attached hydrogen (secondary N) is 2. The van der Waals surface area contributed by atoms with Gasteiger partial charge in [-0.2, -0.15) is 0 Å². The number of rotatable bonds is 6. The van der Waals surface area contributed by atoms with Crippen LogP contribution in [-0.4, -0.2) is 54.6 Å². The molecule has 0 fully saturated rings. The van der Waals surface area contributed by atoms with Crippen molar-refractivity contribution < 1.29 is 19.5 Å². The van der Waals surface area contributed by atoms with Gasteiger partial charge in [-0.1, -0.05) is 0 Å². The minimum atomic E-state index is -1.25. The molecule has 0 aliphatic carbocycles. The van der Waals surface area contributed by atoms with Crippen LogP contribution in [0.2, 0.25) is 0 Å². The smallest absolute Gasteiger partial charge is 0.328 e. The van der Waals surface area contributed by atoms with Gasteiger partial charge in [-0.25, -0.2) is 9.59 Å². The lowest BCUT2D eigenvalue weighted by molar-refractivity contribution is -0.131. The Bertz CT molecular complexity index is 339. The Morgan fingerprint density at radius 2 is 1.89 bits per heavy atom. The molecule has 7 nitrogen and oxygen atoms in total. The second kappa shape index (κ2) is 8.24. The zero-order chi connectivity index (χ0) is 14.1. The number of hydrogen-bond donors (Lipinski definition) is 3. The van der Waals surface area contributed by atoms with Gasteiger partial charge in [-0.15, -0.1) is 0 Å². The van der Waals surface area contributed by atoms with E-state index in [1.54, 1.807) is 0 Å². The Morgan fingerprint density at radius 1 is 1.28 bits per heavy atom. The molecule has 0 aromatic rings. The molecule has 1 unspecified atom stereocenters. The summed E-state index contributed by atoms with van der Waals surface area (Å²) in [5.41, 5.74) is 0. The lowest BCUT2D eigenvalue weighted by Gasteiger charge is -2.16. The van der Waals surface area contributed by atoms with Crippen LogP contribution in [0, 0.1) is 0 Å². The first kappa shape index (κ1) is 16.1. The maximum absolute atomic E-state index is 11.3. The number of imide groups is 1. The molecule has 0 spiro atoms. The molecular formula is C11H19N3O4. The summed E-state index contributed by atoms with van der Waals surface area (Å²) in [5.74, 6) is -2.01. The Morgan fingerprint density at radius 3 is 2.39 bits per heavy atom. The second-order valence-electron chi connectivity index (χ2n) is 4.13. The average molecular weight is 257 g/mol. The summed E-state index contributed by atoms with van der Waals surface area (Å²) in [6, 6.07) is -0.718. The molecule has 3 N–H and O–H groups in total. The summed E-state index contributed by atoms with van der Waals surface area (Å²) in [4.78, 5) is 34.5. The molecule has 0 rings (SSSR count). The molecule has 0 aromatic carbocycles. The molecule has 7 heteroatoms. The summed E-state index contributed by atoms with van der Waals surface area (Å²) in [5, 5.41) is 12.9. The number of carbonyl (C=O) groups is 3. The molecule has 0 bridgehead atoms. The fourth-order valence-corrected chi connectivity index (χ4v) is 1.08. The van der Waals surface area contributed by atoms with Crippen LogP contribution in [-0.2, 0) is 9.59 Å². The fourth-order valence-electron chi connectivity index (χ4n) is 1.08. The molecule has 0 saturated heterocycles. The second-order valence-corrected chi connectivity index (χ2v) is 4.13. The highest BCUT2D eigenvalue weighted by Gasteiger charge is 2.09. The number of amides is 3. The molecule has 0 heterocycles. The maximum Gasteiger partial charge on any atom is 0.328 e. The van der Waals surface area contributed by atoms with Gasteiger partial charge < -0.3 is 15.3 Å². The molecule has 0 radical (unpaired) electrons. The molecule has 102 valence electrons. The van der Waals surface area contributed by atoms with Crippen LogP contribution in [0.3, 0.4) is 0 Å². The molecular weight excluding hydrogens is 238 g/mol. The predicted molar refractivity (Wildman–Crippen MR) is 66.1 cm³/mol. The Kier molecular flexibility index (Phi) is 7.37. The van der Waals surface area contributed by atoms with E-state index in [2.05, 4.69) is 5.32 Å². The number of urea groups is 1. The average Bonchev–Trinajstić information content (AvgIpc) is 2.23. The van der Waals surface area contributed by atoms with E-state index >= 15 is 0 Å². The van der Waals surface area contributed by atoms with Crippen LogP contribution in [0.4, 0.5) is 4.79 Å². The van der Waals surface area contributed by atoms with Crippen molar-refractivity contribution >= 4 is 17.9 Å². The molecule has 0 saturated carbocycles. The van der Waals surface area contributed by atoms with E-state index in [1.807, 2.05) is 31.2 Å². The summed E-state index contributed by atoms with van der Waals surface area (Å²) < 4.78 is 0. The first-order chi connectivity index (χ1) is 8.31. The van der Waals surface area contributed by atoms with E-state index in [9.17, 15) is 14.4 Å². The molecule has 0 aromatic heterocycles. The largest absolute Gasteiger partial charge is 0.478 e. The van der Waals surface area contributed by atoms with E-state index < -0.39 is 17.9 Å². The van der Waals surface area contributed by atoms with Gasteiger partial charge >= 0.3 is 12.0 Å². The number of carbonyl (C=O) groups excluding carboxylic acids is 2. The van der Waals surface area contributed by atoms with E-state index in [-0.39, 0.29) is 6.04 Å². The van der Waals surface area contributed by atoms with Crippen molar-refractivity contribution in [1.82, 2.24) is 15.5 Å². The predicted octanol–water partition coefficient (Wildman–Crippen LogP) is -0.207. The normalized spacial score (nSPS) is 12.4. The van der Waals surface area contributed by atoms with Crippen molar-refractivity contribution in [2.45, 2.75) is 19.4 Å². The van der Waals surface area contributed by atoms with Crippen LogP contribution < -0.4 is 10.6 Å². The van der Waals surface area contributed by atoms with Crippen LogP contribution >= 0.6 is 0 Å². The van der Waals surface area contributed by atoms with E-state index in [0.29, 0.717) is 6.08 Å². The van der Waals surface area contributed by atoms with Crippen LogP contribution in [0.15, 0.2) is 12.2 Å². The van der Waals surface area contributed by atoms with Gasteiger partial charge in [0.05, 0.1) is 0 Å². The summed E-state index contributed by atoms with van der Waals surface area (Å²) in [6.45, 7) is 2.63. The van der Waals surface area contributed by atoms with Gasteiger partial charge in [0.2, 0.25) is 0 Å². The van der Waals surface area contributed by atoms with Gasteiger partial charge in [0.15, 0.2) is 0 Å².